The number of carbonyl (C=O) groups excluding carboxylic acids is 1. The van der Waals surface area contributed by atoms with Crippen molar-refractivity contribution in [2.75, 3.05) is 6.61 Å². The molecule has 0 amide bonds. The topological polar surface area (TPSA) is 46.5 Å². The summed E-state index contributed by atoms with van der Waals surface area (Å²) in [7, 11) is 0. The fraction of sp³-hybridized carbons (Fsp3) is 0.400. The molecular formula is C15H20O3. The Bertz CT molecular complexity index is 395. The van der Waals surface area contributed by atoms with E-state index >= 15 is 0 Å². The average Bonchev–Trinajstić information content (AvgIpc) is 2.37. The van der Waals surface area contributed by atoms with E-state index in [9.17, 15) is 9.90 Å². The number of ether oxygens (including phenoxy) is 1. The zero-order valence-electron chi connectivity index (χ0n) is 10.9. The lowest BCUT2D eigenvalue weighted by Crippen LogP contribution is -2.20. The maximum atomic E-state index is 11.8. The predicted molar refractivity (Wildman–Crippen MR) is 72.0 cm³/mol. The van der Waals surface area contributed by atoms with Crippen molar-refractivity contribution in [3.05, 3.63) is 41.5 Å². The maximum absolute atomic E-state index is 11.8. The van der Waals surface area contributed by atoms with Crippen LogP contribution < -0.4 is 0 Å². The van der Waals surface area contributed by atoms with Crippen LogP contribution in [0.25, 0.3) is 6.08 Å². The number of aliphatic hydroxyl groups is 1. The summed E-state index contributed by atoms with van der Waals surface area (Å²) in [4.78, 5) is 11.8. The fourth-order valence-corrected chi connectivity index (χ4v) is 1.66. The van der Waals surface area contributed by atoms with E-state index in [0.29, 0.717) is 18.6 Å². The lowest BCUT2D eigenvalue weighted by molar-refractivity contribution is -0.139. The normalized spacial score (nSPS) is 13.2. The Labute approximate surface area is 108 Å². The molecule has 3 nitrogen and oxygen atoms in total. The van der Waals surface area contributed by atoms with Gasteiger partial charge in [-0.05, 0) is 25.0 Å². The monoisotopic (exact) mass is 248 g/mol. The van der Waals surface area contributed by atoms with E-state index in [1.165, 1.54) is 0 Å². The highest BCUT2D eigenvalue weighted by Crippen LogP contribution is 2.15. The molecule has 0 aliphatic carbocycles. The number of hydrogen-bond acceptors (Lipinski definition) is 3. The summed E-state index contributed by atoms with van der Waals surface area (Å²) in [5.41, 5.74) is 1.21. The first-order chi connectivity index (χ1) is 8.69. The molecular weight excluding hydrogens is 228 g/mol. The molecule has 1 aromatic rings. The van der Waals surface area contributed by atoms with Crippen LogP contribution >= 0.6 is 0 Å². The zero-order valence-corrected chi connectivity index (χ0v) is 10.9. The van der Waals surface area contributed by atoms with Crippen LogP contribution in [0.2, 0.25) is 0 Å². The molecule has 0 heterocycles. The van der Waals surface area contributed by atoms with Gasteiger partial charge in [0.1, 0.15) is 0 Å². The summed E-state index contributed by atoms with van der Waals surface area (Å²) in [5, 5.41) is 10.00. The quantitative estimate of drug-likeness (QED) is 0.622. The Morgan fingerprint density at radius 2 is 2.00 bits per heavy atom. The van der Waals surface area contributed by atoms with Crippen LogP contribution in [-0.4, -0.2) is 23.8 Å². The van der Waals surface area contributed by atoms with E-state index in [1.807, 2.05) is 37.3 Å². The van der Waals surface area contributed by atoms with Crippen molar-refractivity contribution in [1.82, 2.24) is 0 Å². The molecule has 98 valence electrons. The minimum Gasteiger partial charge on any atom is -0.463 e. The molecule has 0 saturated carbocycles. The molecule has 1 atom stereocenters. The van der Waals surface area contributed by atoms with E-state index in [-0.39, 0.29) is 0 Å². The first kappa shape index (κ1) is 14.5. The van der Waals surface area contributed by atoms with Crippen LogP contribution in [0.4, 0.5) is 0 Å². The van der Waals surface area contributed by atoms with E-state index in [1.54, 1.807) is 13.0 Å². The van der Waals surface area contributed by atoms with Crippen molar-refractivity contribution in [3.63, 3.8) is 0 Å². The van der Waals surface area contributed by atoms with Crippen LogP contribution in [0.15, 0.2) is 35.9 Å². The van der Waals surface area contributed by atoms with Gasteiger partial charge >= 0.3 is 5.97 Å². The summed E-state index contributed by atoms with van der Waals surface area (Å²) in [6.07, 6.45) is 2.29. The van der Waals surface area contributed by atoms with Gasteiger partial charge < -0.3 is 9.84 Å². The van der Waals surface area contributed by atoms with Crippen molar-refractivity contribution in [3.8, 4) is 0 Å². The number of hydrogen-bond donors (Lipinski definition) is 1. The molecule has 0 aliphatic rings. The molecule has 0 radical (unpaired) electrons. The second kappa shape index (κ2) is 7.67. The second-order valence-corrected chi connectivity index (χ2v) is 4.04. The van der Waals surface area contributed by atoms with E-state index < -0.39 is 12.1 Å². The summed E-state index contributed by atoms with van der Waals surface area (Å²) in [6, 6.07) is 9.46. The molecule has 0 bridgehead atoms. The Morgan fingerprint density at radius 3 is 2.56 bits per heavy atom. The largest absolute Gasteiger partial charge is 0.463 e. The van der Waals surface area contributed by atoms with Crippen molar-refractivity contribution in [2.24, 2.45) is 0 Å². The van der Waals surface area contributed by atoms with Crippen molar-refractivity contribution in [2.45, 2.75) is 32.8 Å². The highest BCUT2D eigenvalue weighted by Gasteiger charge is 2.19. The SMILES string of the molecule is CCCC(O)/C(=C/c1ccccc1)C(=O)OCC. The molecule has 1 rings (SSSR count). The van der Waals surface area contributed by atoms with Gasteiger partial charge in [-0.15, -0.1) is 0 Å². The number of benzene rings is 1. The average molecular weight is 248 g/mol. The Hall–Kier alpha value is -1.61. The number of carbonyl (C=O) groups is 1. The predicted octanol–water partition coefficient (Wildman–Crippen LogP) is 2.79. The van der Waals surface area contributed by atoms with Crippen molar-refractivity contribution >= 4 is 12.0 Å². The molecule has 1 unspecified atom stereocenters. The minimum absolute atomic E-state index is 0.309. The first-order valence-electron chi connectivity index (χ1n) is 6.30. The number of aliphatic hydroxyl groups excluding tert-OH is 1. The molecule has 1 N–H and O–H groups in total. The molecule has 3 heteroatoms. The Balaban J connectivity index is 2.96. The highest BCUT2D eigenvalue weighted by molar-refractivity contribution is 5.94. The third kappa shape index (κ3) is 4.34. The molecule has 0 aromatic heterocycles. The molecule has 0 saturated heterocycles. The fourth-order valence-electron chi connectivity index (χ4n) is 1.66. The smallest absolute Gasteiger partial charge is 0.336 e. The minimum atomic E-state index is -0.769. The molecule has 0 spiro atoms. The number of rotatable bonds is 6. The lowest BCUT2D eigenvalue weighted by Gasteiger charge is -2.13. The third-order valence-electron chi connectivity index (χ3n) is 2.55. The van der Waals surface area contributed by atoms with Crippen LogP contribution in [0.3, 0.4) is 0 Å². The van der Waals surface area contributed by atoms with Gasteiger partial charge in [-0.3, -0.25) is 0 Å². The van der Waals surface area contributed by atoms with Gasteiger partial charge in [-0.1, -0.05) is 43.7 Å². The molecule has 18 heavy (non-hydrogen) atoms. The summed E-state index contributed by atoms with van der Waals surface area (Å²) in [5.74, 6) is -0.442. The molecule has 0 aliphatic heterocycles. The second-order valence-electron chi connectivity index (χ2n) is 4.04. The standard InChI is InChI=1S/C15H20O3/c1-3-8-14(16)13(15(17)18-4-2)11-12-9-6-5-7-10-12/h5-7,9-11,14,16H,3-4,8H2,1-2H3/b13-11-. The number of esters is 1. The van der Waals surface area contributed by atoms with Crippen LogP contribution in [0.1, 0.15) is 32.3 Å². The maximum Gasteiger partial charge on any atom is 0.336 e. The van der Waals surface area contributed by atoms with Crippen LogP contribution in [-0.2, 0) is 9.53 Å². The van der Waals surface area contributed by atoms with Gasteiger partial charge in [-0.2, -0.15) is 0 Å². The van der Waals surface area contributed by atoms with Gasteiger partial charge in [0.15, 0.2) is 0 Å². The van der Waals surface area contributed by atoms with Gasteiger partial charge in [-0.25, -0.2) is 4.79 Å². The van der Waals surface area contributed by atoms with E-state index in [2.05, 4.69) is 0 Å². The van der Waals surface area contributed by atoms with Gasteiger partial charge in [0.05, 0.1) is 18.3 Å². The van der Waals surface area contributed by atoms with Crippen molar-refractivity contribution < 1.29 is 14.6 Å². The highest BCUT2D eigenvalue weighted by atomic mass is 16.5. The summed E-state index contributed by atoms with van der Waals surface area (Å²) < 4.78 is 4.98. The van der Waals surface area contributed by atoms with Gasteiger partial charge in [0.25, 0.3) is 0 Å². The lowest BCUT2D eigenvalue weighted by atomic mass is 10.0. The molecule has 1 aromatic carbocycles. The summed E-state index contributed by atoms with van der Waals surface area (Å²) >= 11 is 0. The van der Waals surface area contributed by atoms with Gasteiger partial charge in [0.2, 0.25) is 0 Å². The third-order valence-corrected chi connectivity index (χ3v) is 2.55. The summed E-state index contributed by atoms with van der Waals surface area (Å²) in [6.45, 7) is 4.03. The zero-order chi connectivity index (χ0) is 13.4. The van der Waals surface area contributed by atoms with Gasteiger partial charge in [0, 0.05) is 0 Å². The Kier molecular flexibility index (Phi) is 6.15. The van der Waals surface area contributed by atoms with E-state index in [4.69, 9.17) is 4.74 Å². The van der Waals surface area contributed by atoms with E-state index in [0.717, 1.165) is 12.0 Å². The van der Waals surface area contributed by atoms with Crippen LogP contribution in [0.5, 0.6) is 0 Å². The Morgan fingerprint density at radius 1 is 1.33 bits per heavy atom. The van der Waals surface area contributed by atoms with Crippen molar-refractivity contribution in [1.29, 1.82) is 0 Å². The molecule has 0 fully saturated rings. The first-order valence-corrected chi connectivity index (χ1v) is 6.30. The van der Waals surface area contributed by atoms with Crippen LogP contribution in [0, 0.1) is 0 Å².